The van der Waals surface area contributed by atoms with E-state index in [1.165, 1.54) is 4.90 Å². The van der Waals surface area contributed by atoms with Gasteiger partial charge in [-0.25, -0.2) is 8.42 Å². The molecule has 0 spiro atoms. The van der Waals surface area contributed by atoms with E-state index in [1.54, 1.807) is 49.4 Å². The number of fused-ring (bicyclic) bond motifs is 1. The summed E-state index contributed by atoms with van der Waals surface area (Å²) in [5.41, 5.74) is 1.04. The summed E-state index contributed by atoms with van der Waals surface area (Å²) in [5, 5.41) is 3.63. The number of benzene rings is 2. The molecule has 2 aliphatic rings. The number of nitrogens with zero attached hydrogens (tertiary/aromatic N) is 2. The monoisotopic (exact) mass is 563 g/mol. The lowest BCUT2D eigenvalue weighted by atomic mass is 9.95. The summed E-state index contributed by atoms with van der Waals surface area (Å²) in [7, 11) is -3.85. The van der Waals surface area contributed by atoms with Crippen molar-refractivity contribution < 1.29 is 27.5 Å². The number of nitrogens with one attached hydrogen (secondary N) is 1. The summed E-state index contributed by atoms with van der Waals surface area (Å²) in [4.78, 5) is 28.4. The first kappa shape index (κ1) is 28.0. The van der Waals surface area contributed by atoms with Crippen LogP contribution in [0.15, 0.2) is 42.5 Å². The van der Waals surface area contributed by atoms with Crippen LogP contribution in [0.5, 0.6) is 11.5 Å². The first-order valence-electron chi connectivity index (χ1n) is 12.8. The van der Waals surface area contributed by atoms with E-state index in [-0.39, 0.29) is 24.2 Å². The Balaban J connectivity index is 1.58. The van der Waals surface area contributed by atoms with Crippen molar-refractivity contribution in [3.05, 3.63) is 53.1 Å². The largest absolute Gasteiger partial charge is 0.486 e. The van der Waals surface area contributed by atoms with Crippen molar-refractivity contribution in [2.24, 2.45) is 0 Å². The van der Waals surface area contributed by atoms with E-state index in [1.807, 2.05) is 0 Å². The summed E-state index contributed by atoms with van der Waals surface area (Å²) in [6, 6.07) is 11.0. The van der Waals surface area contributed by atoms with Gasteiger partial charge in [0.15, 0.2) is 11.5 Å². The third-order valence-corrected chi connectivity index (χ3v) is 8.27. The van der Waals surface area contributed by atoms with E-state index in [0.717, 1.165) is 48.2 Å². The van der Waals surface area contributed by atoms with Crippen LogP contribution in [-0.2, 0) is 26.2 Å². The van der Waals surface area contributed by atoms with Crippen LogP contribution in [-0.4, -0.2) is 63.2 Å². The topological polar surface area (TPSA) is 105 Å². The molecule has 1 saturated carbocycles. The molecule has 2 aromatic rings. The van der Waals surface area contributed by atoms with E-state index in [0.29, 0.717) is 29.7 Å². The Morgan fingerprint density at radius 1 is 1.03 bits per heavy atom. The van der Waals surface area contributed by atoms with Gasteiger partial charge in [0.05, 0.1) is 11.9 Å². The van der Waals surface area contributed by atoms with Crippen LogP contribution in [0, 0.1) is 0 Å². The summed E-state index contributed by atoms with van der Waals surface area (Å²) in [5.74, 6) is 0.154. The molecule has 0 radical (unpaired) electrons. The highest BCUT2D eigenvalue weighted by Crippen LogP contribution is 2.34. The van der Waals surface area contributed by atoms with Crippen molar-refractivity contribution in [3.63, 3.8) is 0 Å². The zero-order chi connectivity index (χ0) is 27.3. The number of rotatable bonds is 9. The van der Waals surface area contributed by atoms with Gasteiger partial charge in [-0.3, -0.25) is 13.9 Å². The summed E-state index contributed by atoms with van der Waals surface area (Å²) < 4.78 is 37.8. The normalized spacial score (nSPS) is 16.4. The molecule has 206 valence electrons. The van der Waals surface area contributed by atoms with E-state index < -0.39 is 28.5 Å². The lowest BCUT2D eigenvalue weighted by molar-refractivity contribution is -0.139. The minimum absolute atomic E-state index is 0.0800. The van der Waals surface area contributed by atoms with Crippen molar-refractivity contribution in [2.45, 2.75) is 57.7 Å². The van der Waals surface area contributed by atoms with Crippen LogP contribution >= 0.6 is 11.6 Å². The average Bonchev–Trinajstić information content (AvgIpc) is 2.90. The first-order chi connectivity index (χ1) is 18.1. The predicted molar refractivity (Wildman–Crippen MR) is 146 cm³/mol. The summed E-state index contributed by atoms with van der Waals surface area (Å²) in [6.07, 6.45) is 6.15. The summed E-state index contributed by atoms with van der Waals surface area (Å²) >= 11 is 6.03. The van der Waals surface area contributed by atoms with Gasteiger partial charge in [0.2, 0.25) is 21.8 Å². The van der Waals surface area contributed by atoms with Gasteiger partial charge in [-0.05, 0) is 49.6 Å². The van der Waals surface area contributed by atoms with Crippen LogP contribution in [0.1, 0.15) is 44.6 Å². The van der Waals surface area contributed by atoms with Crippen molar-refractivity contribution in [1.29, 1.82) is 0 Å². The third kappa shape index (κ3) is 7.11. The fraction of sp³-hybridized carbons (Fsp3) is 0.481. The summed E-state index contributed by atoms with van der Waals surface area (Å²) in [6.45, 7) is 2.06. The van der Waals surface area contributed by atoms with Crippen LogP contribution in [0.4, 0.5) is 5.69 Å². The molecule has 0 bridgehead atoms. The van der Waals surface area contributed by atoms with Crippen LogP contribution < -0.4 is 19.1 Å². The lowest BCUT2D eigenvalue weighted by Gasteiger charge is -2.33. The van der Waals surface area contributed by atoms with Crippen molar-refractivity contribution in [2.75, 3.05) is 30.3 Å². The number of hydrogen-bond donors (Lipinski definition) is 1. The van der Waals surface area contributed by atoms with Gasteiger partial charge in [0.25, 0.3) is 0 Å². The molecule has 1 heterocycles. The molecule has 2 aromatic carbocycles. The molecule has 4 rings (SSSR count). The number of ether oxygens (including phenoxy) is 2. The second-order valence-corrected chi connectivity index (χ2v) is 12.1. The van der Waals surface area contributed by atoms with Crippen molar-refractivity contribution >= 4 is 39.1 Å². The highest BCUT2D eigenvalue weighted by molar-refractivity contribution is 7.92. The standard InChI is InChI=1S/C27H34ClN3O6S/c1-19(27(33)29-22-6-4-3-5-7-22)30(17-20-8-10-21(28)11-9-20)26(32)18-31(38(2,34)35)23-12-13-24-25(16-23)37-15-14-36-24/h8-13,16,19,22H,3-7,14-15,17-18H2,1-2H3,(H,29,33)/t19-/m0/s1. The van der Waals surface area contributed by atoms with Gasteiger partial charge >= 0.3 is 0 Å². The van der Waals surface area contributed by atoms with E-state index in [4.69, 9.17) is 21.1 Å². The number of carbonyl (C=O) groups excluding carboxylic acids is 2. The molecular formula is C27H34ClN3O6S. The number of halogens is 1. The number of sulfonamides is 1. The van der Waals surface area contributed by atoms with Crippen molar-refractivity contribution in [1.82, 2.24) is 10.2 Å². The van der Waals surface area contributed by atoms with Gasteiger partial charge in [-0.2, -0.15) is 0 Å². The Hall–Kier alpha value is -2.98. The van der Waals surface area contributed by atoms with E-state index >= 15 is 0 Å². The molecule has 2 amide bonds. The highest BCUT2D eigenvalue weighted by Gasteiger charge is 2.31. The average molecular weight is 564 g/mol. The maximum atomic E-state index is 13.7. The molecule has 38 heavy (non-hydrogen) atoms. The van der Waals surface area contributed by atoms with Gasteiger partial charge in [0.1, 0.15) is 25.8 Å². The number of carbonyl (C=O) groups is 2. The van der Waals surface area contributed by atoms with Crippen molar-refractivity contribution in [3.8, 4) is 11.5 Å². The number of hydrogen-bond acceptors (Lipinski definition) is 6. The molecule has 1 aliphatic carbocycles. The van der Waals surface area contributed by atoms with Gasteiger partial charge in [-0.1, -0.05) is 43.0 Å². The first-order valence-corrected chi connectivity index (χ1v) is 15.1. The molecule has 9 nitrogen and oxygen atoms in total. The minimum atomic E-state index is -3.85. The molecule has 0 unspecified atom stereocenters. The Labute approximate surface area is 229 Å². The Bertz CT molecular complexity index is 1250. The van der Waals surface area contributed by atoms with E-state index in [2.05, 4.69) is 5.32 Å². The number of anilines is 1. The molecule has 1 fully saturated rings. The van der Waals surface area contributed by atoms with Crippen LogP contribution in [0.25, 0.3) is 0 Å². The highest BCUT2D eigenvalue weighted by atomic mass is 35.5. The number of amides is 2. The van der Waals surface area contributed by atoms with Crippen LogP contribution in [0.2, 0.25) is 5.02 Å². The third-order valence-electron chi connectivity index (χ3n) is 6.88. The molecule has 0 saturated heterocycles. The second kappa shape index (κ2) is 12.3. The maximum absolute atomic E-state index is 13.7. The lowest BCUT2D eigenvalue weighted by Crippen LogP contribution is -2.52. The fourth-order valence-electron chi connectivity index (χ4n) is 4.74. The second-order valence-electron chi connectivity index (χ2n) is 9.77. The van der Waals surface area contributed by atoms with Gasteiger partial charge in [-0.15, -0.1) is 0 Å². The predicted octanol–water partition coefficient (Wildman–Crippen LogP) is 3.74. The van der Waals surface area contributed by atoms with Gasteiger partial charge < -0.3 is 19.7 Å². The minimum Gasteiger partial charge on any atom is -0.486 e. The zero-order valence-electron chi connectivity index (χ0n) is 21.7. The SMILES string of the molecule is C[C@@H](C(=O)NC1CCCCC1)N(Cc1ccc(Cl)cc1)C(=O)CN(c1ccc2c(c1)OCCO2)S(C)(=O)=O. The molecule has 1 aliphatic heterocycles. The molecule has 11 heteroatoms. The smallest absolute Gasteiger partial charge is 0.244 e. The van der Waals surface area contributed by atoms with Crippen LogP contribution in [0.3, 0.4) is 0 Å². The molecular weight excluding hydrogens is 530 g/mol. The Kier molecular flexibility index (Phi) is 9.04. The zero-order valence-corrected chi connectivity index (χ0v) is 23.3. The quantitative estimate of drug-likeness (QED) is 0.498. The molecule has 1 N–H and O–H groups in total. The van der Waals surface area contributed by atoms with E-state index in [9.17, 15) is 18.0 Å². The Morgan fingerprint density at radius 3 is 2.34 bits per heavy atom. The molecule has 0 aromatic heterocycles. The molecule has 1 atom stereocenters. The maximum Gasteiger partial charge on any atom is 0.244 e. The van der Waals surface area contributed by atoms with Gasteiger partial charge in [0, 0.05) is 23.7 Å². The Morgan fingerprint density at radius 2 is 1.68 bits per heavy atom. The fourth-order valence-corrected chi connectivity index (χ4v) is 5.71.